The number of ether oxygens (including phenoxy) is 1. The van der Waals surface area contributed by atoms with Crippen molar-refractivity contribution < 1.29 is 23.0 Å². The van der Waals surface area contributed by atoms with Gasteiger partial charge in [0, 0.05) is 19.4 Å². The summed E-state index contributed by atoms with van der Waals surface area (Å²) >= 11 is 0. The summed E-state index contributed by atoms with van der Waals surface area (Å²) in [4.78, 5) is 0. The summed E-state index contributed by atoms with van der Waals surface area (Å²) in [6.45, 7) is -0.0230. The molecule has 88 valence electrons. The van der Waals surface area contributed by atoms with Crippen LogP contribution in [0, 0.1) is 0 Å². The van der Waals surface area contributed by atoms with E-state index in [0.29, 0.717) is 12.8 Å². The molecule has 1 heterocycles. The van der Waals surface area contributed by atoms with E-state index in [2.05, 4.69) is 0 Å². The van der Waals surface area contributed by atoms with Gasteiger partial charge in [-0.1, -0.05) is 6.07 Å². The highest BCUT2D eigenvalue weighted by Gasteiger charge is 2.33. The van der Waals surface area contributed by atoms with Gasteiger partial charge >= 0.3 is 6.18 Å². The maximum absolute atomic E-state index is 12.4. The van der Waals surface area contributed by atoms with Gasteiger partial charge in [0.2, 0.25) is 0 Å². The number of benzene rings is 1. The average molecular weight is 232 g/mol. The van der Waals surface area contributed by atoms with Crippen LogP contribution < -0.4 is 4.74 Å². The number of hydrogen-bond acceptors (Lipinski definition) is 2. The molecule has 2 nitrogen and oxygen atoms in total. The van der Waals surface area contributed by atoms with Crippen LogP contribution in [0.25, 0.3) is 0 Å². The maximum Gasteiger partial charge on any atom is 0.416 e. The molecule has 16 heavy (non-hydrogen) atoms. The molecule has 0 amide bonds. The third kappa shape index (κ3) is 2.14. The highest BCUT2D eigenvalue weighted by molar-refractivity contribution is 5.41. The van der Waals surface area contributed by atoms with E-state index in [4.69, 9.17) is 9.84 Å². The quantitative estimate of drug-likeness (QED) is 0.848. The SMILES string of the molecule is OCCC1Cc2ccc(C(F)(F)F)cc2O1. The van der Waals surface area contributed by atoms with E-state index in [9.17, 15) is 13.2 Å². The van der Waals surface area contributed by atoms with E-state index < -0.39 is 11.7 Å². The number of aliphatic hydroxyl groups excluding tert-OH is 1. The summed E-state index contributed by atoms with van der Waals surface area (Å²) in [5.74, 6) is 0.285. The second-order valence-electron chi connectivity index (χ2n) is 3.78. The zero-order valence-corrected chi connectivity index (χ0v) is 8.42. The Hall–Kier alpha value is -1.23. The van der Waals surface area contributed by atoms with Crippen molar-refractivity contribution in [1.82, 2.24) is 0 Å². The molecule has 0 saturated heterocycles. The minimum Gasteiger partial charge on any atom is -0.490 e. The molecule has 1 N–H and O–H groups in total. The third-order valence-electron chi connectivity index (χ3n) is 2.59. The first-order valence-corrected chi connectivity index (χ1v) is 4.98. The lowest BCUT2D eigenvalue weighted by molar-refractivity contribution is -0.137. The van der Waals surface area contributed by atoms with Crippen molar-refractivity contribution in [2.75, 3.05) is 6.61 Å². The summed E-state index contributed by atoms with van der Waals surface area (Å²) in [5.41, 5.74) is 0.0716. The summed E-state index contributed by atoms with van der Waals surface area (Å²) in [6, 6.07) is 3.52. The number of alkyl halides is 3. The molecule has 0 radical (unpaired) electrons. The van der Waals surface area contributed by atoms with Gasteiger partial charge in [0.15, 0.2) is 0 Å². The van der Waals surface area contributed by atoms with E-state index in [0.717, 1.165) is 17.7 Å². The maximum atomic E-state index is 12.4. The van der Waals surface area contributed by atoms with Crippen LogP contribution in [0.2, 0.25) is 0 Å². The Kier molecular flexibility index (Phi) is 2.80. The molecule has 1 atom stereocenters. The van der Waals surface area contributed by atoms with Gasteiger partial charge in [-0.15, -0.1) is 0 Å². The van der Waals surface area contributed by atoms with Gasteiger partial charge in [-0.2, -0.15) is 13.2 Å². The highest BCUT2D eigenvalue weighted by Crippen LogP contribution is 2.36. The lowest BCUT2D eigenvalue weighted by Crippen LogP contribution is -2.14. The minimum atomic E-state index is -4.34. The predicted molar refractivity (Wildman–Crippen MR) is 51.3 cm³/mol. The average Bonchev–Trinajstić information content (AvgIpc) is 2.57. The van der Waals surface area contributed by atoms with Gasteiger partial charge in [0.05, 0.1) is 5.56 Å². The standard InChI is InChI=1S/C11H11F3O2/c12-11(13,14)8-2-1-7-5-9(3-4-15)16-10(7)6-8/h1-2,6,9,15H,3-5H2. The minimum absolute atomic E-state index is 0.0230. The molecular formula is C11H11F3O2. The number of halogens is 3. The van der Waals surface area contributed by atoms with Crippen molar-refractivity contribution in [2.24, 2.45) is 0 Å². The Morgan fingerprint density at radius 1 is 1.38 bits per heavy atom. The summed E-state index contributed by atoms with van der Waals surface area (Å²) in [6.07, 6.45) is -3.54. The van der Waals surface area contributed by atoms with Crippen LogP contribution in [0.3, 0.4) is 0 Å². The summed E-state index contributed by atoms with van der Waals surface area (Å²) in [5, 5.41) is 8.73. The molecule has 5 heteroatoms. The van der Waals surface area contributed by atoms with Crippen LogP contribution in [0.15, 0.2) is 18.2 Å². The van der Waals surface area contributed by atoms with Crippen LogP contribution in [-0.4, -0.2) is 17.8 Å². The lowest BCUT2D eigenvalue weighted by Gasteiger charge is -2.09. The molecule has 2 rings (SSSR count). The fourth-order valence-electron chi connectivity index (χ4n) is 1.78. The predicted octanol–water partition coefficient (Wildman–Crippen LogP) is 2.39. The molecule has 1 aromatic carbocycles. The monoisotopic (exact) mass is 232 g/mol. The molecule has 1 unspecified atom stereocenters. The van der Waals surface area contributed by atoms with E-state index in [-0.39, 0.29) is 18.5 Å². The van der Waals surface area contributed by atoms with Gasteiger partial charge in [-0.05, 0) is 17.7 Å². The fourth-order valence-corrected chi connectivity index (χ4v) is 1.78. The van der Waals surface area contributed by atoms with Crippen molar-refractivity contribution in [3.05, 3.63) is 29.3 Å². The molecule has 0 bridgehead atoms. The van der Waals surface area contributed by atoms with Crippen LogP contribution in [0.5, 0.6) is 5.75 Å². The highest BCUT2D eigenvalue weighted by atomic mass is 19.4. The molecular weight excluding hydrogens is 221 g/mol. The van der Waals surface area contributed by atoms with Gasteiger partial charge in [0.25, 0.3) is 0 Å². The smallest absolute Gasteiger partial charge is 0.416 e. The molecule has 1 aliphatic heterocycles. The van der Waals surface area contributed by atoms with Crippen molar-refractivity contribution >= 4 is 0 Å². The molecule has 0 spiro atoms. The van der Waals surface area contributed by atoms with Crippen molar-refractivity contribution in [3.63, 3.8) is 0 Å². The van der Waals surface area contributed by atoms with E-state index in [1.54, 1.807) is 0 Å². The third-order valence-corrected chi connectivity index (χ3v) is 2.59. The van der Waals surface area contributed by atoms with Crippen molar-refractivity contribution in [2.45, 2.75) is 25.1 Å². The van der Waals surface area contributed by atoms with E-state index >= 15 is 0 Å². The van der Waals surface area contributed by atoms with Crippen molar-refractivity contribution in [3.8, 4) is 5.75 Å². The van der Waals surface area contributed by atoms with Gasteiger partial charge in [-0.25, -0.2) is 0 Å². The second kappa shape index (κ2) is 3.97. The number of aliphatic hydroxyl groups is 1. The summed E-state index contributed by atoms with van der Waals surface area (Å²) < 4.78 is 42.5. The Bertz CT molecular complexity index is 387. The van der Waals surface area contributed by atoms with Gasteiger partial charge in [-0.3, -0.25) is 0 Å². The van der Waals surface area contributed by atoms with Crippen LogP contribution in [-0.2, 0) is 12.6 Å². The van der Waals surface area contributed by atoms with Gasteiger partial charge < -0.3 is 9.84 Å². The van der Waals surface area contributed by atoms with Crippen LogP contribution >= 0.6 is 0 Å². The lowest BCUT2D eigenvalue weighted by atomic mass is 10.1. The fraction of sp³-hybridized carbons (Fsp3) is 0.455. The molecule has 0 aromatic heterocycles. The topological polar surface area (TPSA) is 29.5 Å². The number of rotatable bonds is 2. The van der Waals surface area contributed by atoms with Gasteiger partial charge in [0.1, 0.15) is 11.9 Å². The molecule has 0 saturated carbocycles. The summed E-state index contributed by atoms with van der Waals surface area (Å²) in [7, 11) is 0. The van der Waals surface area contributed by atoms with Crippen LogP contribution in [0.4, 0.5) is 13.2 Å². The first kappa shape index (κ1) is 11.3. The number of hydrogen-bond donors (Lipinski definition) is 1. The van der Waals surface area contributed by atoms with Crippen LogP contribution in [0.1, 0.15) is 17.5 Å². The Morgan fingerprint density at radius 3 is 2.75 bits per heavy atom. The first-order valence-electron chi connectivity index (χ1n) is 4.98. The Morgan fingerprint density at radius 2 is 2.12 bits per heavy atom. The number of fused-ring (bicyclic) bond motifs is 1. The molecule has 0 fully saturated rings. The zero-order valence-electron chi connectivity index (χ0n) is 8.42. The Balaban J connectivity index is 2.21. The van der Waals surface area contributed by atoms with Crippen molar-refractivity contribution in [1.29, 1.82) is 0 Å². The van der Waals surface area contributed by atoms with E-state index in [1.807, 2.05) is 0 Å². The molecule has 1 aliphatic rings. The van der Waals surface area contributed by atoms with E-state index in [1.165, 1.54) is 6.07 Å². The normalized spacial score (nSPS) is 19.4. The largest absolute Gasteiger partial charge is 0.490 e. The second-order valence-corrected chi connectivity index (χ2v) is 3.78. The Labute approximate surface area is 90.7 Å². The molecule has 0 aliphatic carbocycles. The molecule has 1 aromatic rings. The zero-order chi connectivity index (χ0) is 11.8. The first-order chi connectivity index (χ1) is 7.50.